The van der Waals surface area contributed by atoms with E-state index in [4.69, 9.17) is 10.6 Å². The van der Waals surface area contributed by atoms with Crippen LogP contribution in [0.5, 0.6) is 0 Å². The average Bonchev–Trinajstić information content (AvgIpc) is 2.09. The first-order valence-corrected chi connectivity index (χ1v) is 5.67. The van der Waals surface area contributed by atoms with Crippen LogP contribution in [0, 0.1) is 27.9 Å². The van der Waals surface area contributed by atoms with E-state index in [1.54, 1.807) is 0 Å². The van der Waals surface area contributed by atoms with Crippen LogP contribution in [0.15, 0.2) is 0 Å². The minimum atomic E-state index is -0.665. The highest BCUT2D eigenvalue weighted by Crippen LogP contribution is 2.55. The van der Waals surface area contributed by atoms with Crippen molar-refractivity contribution in [2.24, 2.45) is 23.5 Å². The van der Waals surface area contributed by atoms with Crippen LogP contribution in [-0.4, -0.2) is 16.7 Å². The second-order valence-corrected chi connectivity index (χ2v) is 5.59. The van der Waals surface area contributed by atoms with Gasteiger partial charge >= 0.3 is 0 Å². The van der Waals surface area contributed by atoms with E-state index in [9.17, 15) is 10.1 Å². The van der Waals surface area contributed by atoms with E-state index in [1.165, 1.54) is 6.42 Å². The summed E-state index contributed by atoms with van der Waals surface area (Å²) in [6, 6.07) is 0. The Balaban J connectivity index is 1.86. The van der Waals surface area contributed by atoms with Gasteiger partial charge in [0.05, 0.1) is 0 Å². The number of nitrogens with zero attached hydrogens (tertiary/aromatic N) is 1. The number of hydrogen-bond acceptors (Lipinski definition) is 4. The third kappa shape index (κ3) is 1.33. The predicted molar refractivity (Wildman–Crippen MR) is 52.3 cm³/mol. The molecule has 84 valence electrons. The molecule has 4 rings (SSSR count). The van der Waals surface area contributed by atoms with E-state index in [-0.39, 0.29) is 6.10 Å². The maximum absolute atomic E-state index is 10.5. The smallest absolute Gasteiger partial charge is 0.294 e. The molecule has 5 nitrogen and oxygen atoms in total. The summed E-state index contributed by atoms with van der Waals surface area (Å²) in [6.07, 6.45) is 4.92. The summed E-state index contributed by atoms with van der Waals surface area (Å²) < 4.78 is 0. The molecule has 0 spiro atoms. The molecular weight excluding hydrogens is 196 g/mol. The van der Waals surface area contributed by atoms with Crippen molar-refractivity contribution in [3.63, 3.8) is 0 Å². The van der Waals surface area contributed by atoms with Gasteiger partial charge in [-0.1, -0.05) is 0 Å². The van der Waals surface area contributed by atoms with Crippen LogP contribution in [0.4, 0.5) is 0 Å². The number of hydrogen-bond donors (Lipinski definition) is 1. The SMILES string of the molecule is NC12CC3CC(CC(C3)C1O[N+](=O)[O-])C2. The molecule has 4 fully saturated rings. The maximum atomic E-state index is 10.5. The molecule has 0 aromatic carbocycles. The number of rotatable bonds is 2. The van der Waals surface area contributed by atoms with Gasteiger partial charge in [0, 0.05) is 5.54 Å². The molecule has 0 aromatic heterocycles. The van der Waals surface area contributed by atoms with Gasteiger partial charge in [0.15, 0.2) is 0 Å². The molecule has 15 heavy (non-hydrogen) atoms. The van der Waals surface area contributed by atoms with Crippen LogP contribution in [0.1, 0.15) is 32.1 Å². The zero-order chi connectivity index (χ0) is 10.6. The Kier molecular flexibility index (Phi) is 1.78. The van der Waals surface area contributed by atoms with Crippen LogP contribution in [0.25, 0.3) is 0 Å². The Morgan fingerprint density at radius 1 is 1.27 bits per heavy atom. The molecule has 0 heterocycles. The largest absolute Gasteiger partial charge is 0.323 e. The Hall–Kier alpha value is -0.840. The first-order valence-electron chi connectivity index (χ1n) is 5.67. The molecule has 4 bridgehead atoms. The molecule has 4 saturated carbocycles. The van der Waals surface area contributed by atoms with Crippen molar-refractivity contribution in [1.82, 2.24) is 0 Å². The lowest BCUT2D eigenvalue weighted by molar-refractivity contribution is -0.774. The zero-order valence-electron chi connectivity index (χ0n) is 8.59. The highest BCUT2D eigenvalue weighted by molar-refractivity contribution is 5.10. The van der Waals surface area contributed by atoms with E-state index >= 15 is 0 Å². The Bertz CT molecular complexity index is 293. The molecule has 3 unspecified atom stereocenters. The Morgan fingerprint density at radius 3 is 2.33 bits per heavy atom. The molecule has 0 aromatic rings. The van der Waals surface area contributed by atoms with E-state index in [0.29, 0.717) is 17.8 Å². The topological polar surface area (TPSA) is 78.4 Å². The van der Waals surface area contributed by atoms with Gasteiger partial charge in [-0.3, -0.25) is 0 Å². The second-order valence-electron chi connectivity index (χ2n) is 5.59. The molecule has 3 atom stereocenters. The number of nitrogens with two attached hydrogens (primary N) is 1. The molecule has 4 aliphatic carbocycles. The van der Waals surface area contributed by atoms with Gasteiger partial charge in [0.2, 0.25) is 0 Å². The molecule has 2 N–H and O–H groups in total. The molecule has 0 aliphatic heterocycles. The zero-order valence-corrected chi connectivity index (χ0v) is 8.59. The van der Waals surface area contributed by atoms with Gasteiger partial charge in [0.1, 0.15) is 6.10 Å². The third-order valence-electron chi connectivity index (χ3n) is 4.47. The summed E-state index contributed by atoms with van der Waals surface area (Å²) in [5, 5.41) is 9.80. The summed E-state index contributed by atoms with van der Waals surface area (Å²) in [7, 11) is 0. The van der Waals surface area contributed by atoms with Gasteiger partial charge in [-0.05, 0) is 49.9 Å². The normalized spacial score (nSPS) is 51.8. The van der Waals surface area contributed by atoms with Crippen LogP contribution in [0.3, 0.4) is 0 Å². The fraction of sp³-hybridized carbons (Fsp3) is 1.00. The van der Waals surface area contributed by atoms with Crippen LogP contribution >= 0.6 is 0 Å². The van der Waals surface area contributed by atoms with Crippen LogP contribution in [0.2, 0.25) is 0 Å². The second kappa shape index (κ2) is 2.84. The van der Waals surface area contributed by atoms with Crippen molar-refractivity contribution in [2.45, 2.75) is 43.7 Å². The van der Waals surface area contributed by atoms with Crippen molar-refractivity contribution < 1.29 is 9.92 Å². The van der Waals surface area contributed by atoms with Gasteiger partial charge in [-0.25, -0.2) is 0 Å². The monoisotopic (exact) mass is 212 g/mol. The lowest BCUT2D eigenvalue weighted by Gasteiger charge is -2.58. The molecule has 4 aliphatic rings. The average molecular weight is 212 g/mol. The van der Waals surface area contributed by atoms with Crippen molar-refractivity contribution in [3.8, 4) is 0 Å². The minimum absolute atomic E-state index is 0.326. The maximum Gasteiger partial charge on any atom is 0.294 e. The van der Waals surface area contributed by atoms with Crippen molar-refractivity contribution in [3.05, 3.63) is 10.1 Å². The fourth-order valence-electron chi connectivity index (χ4n) is 4.34. The van der Waals surface area contributed by atoms with E-state index in [1.807, 2.05) is 0 Å². The highest BCUT2D eigenvalue weighted by atomic mass is 17.0. The van der Waals surface area contributed by atoms with Gasteiger partial charge < -0.3 is 10.6 Å². The van der Waals surface area contributed by atoms with Gasteiger partial charge in [-0.2, -0.15) is 0 Å². The van der Waals surface area contributed by atoms with Gasteiger partial charge in [-0.15, -0.1) is 10.1 Å². The third-order valence-corrected chi connectivity index (χ3v) is 4.47. The van der Waals surface area contributed by atoms with Crippen molar-refractivity contribution in [1.29, 1.82) is 0 Å². The first-order chi connectivity index (χ1) is 7.07. The Labute approximate surface area is 88.1 Å². The summed E-state index contributed by atoms with van der Waals surface area (Å²) in [6.45, 7) is 0. The van der Waals surface area contributed by atoms with E-state index < -0.39 is 10.6 Å². The van der Waals surface area contributed by atoms with Crippen molar-refractivity contribution in [2.75, 3.05) is 0 Å². The molecule has 0 saturated heterocycles. The molecule has 5 heteroatoms. The van der Waals surface area contributed by atoms with Crippen molar-refractivity contribution >= 4 is 0 Å². The summed E-state index contributed by atoms with van der Waals surface area (Å²) in [5.41, 5.74) is 5.87. The van der Waals surface area contributed by atoms with E-state index in [2.05, 4.69) is 0 Å². The van der Waals surface area contributed by atoms with E-state index in [0.717, 1.165) is 25.7 Å². The minimum Gasteiger partial charge on any atom is -0.323 e. The predicted octanol–water partition coefficient (Wildman–Crippen LogP) is 1.10. The first kappa shape index (κ1) is 9.39. The highest BCUT2D eigenvalue weighted by Gasteiger charge is 2.56. The molecule has 0 amide bonds. The van der Waals surface area contributed by atoms with Gasteiger partial charge in [0.25, 0.3) is 5.09 Å². The van der Waals surface area contributed by atoms with Crippen LogP contribution < -0.4 is 5.73 Å². The molecular formula is C10H16N2O3. The van der Waals surface area contributed by atoms with Crippen LogP contribution in [-0.2, 0) is 4.84 Å². The lowest BCUT2D eigenvalue weighted by atomic mass is 9.52. The lowest BCUT2D eigenvalue weighted by Crippen LogP contribution is -2.66. The molecule has 0 radical (unpaired) electrons. The summed E-state index contributed by atoms with van der Waals surface area (Å²) in [4.78, 5) is 15.3. The Morgan fingerprint density at radius 2 is 1.87 bits per heavy atom. The fourth-order valence-corrected chi connectivity index (χ4v) is 4.34. The summed E-state index contributed by atoms with van der Waals surface area (Å²) >= 11 is 0. The standard InChI is InChI=1S/C10H16N2O3/c11-10-4-6-1-7(5-10)3-8(2-6)9(10)15-12(13)14/h6-9H,1-5,11H2. The quantitative estimate of drug-likeness (QED) is 0.549. The summed E-state index contributed by atoms with van der Waals surface area (Å²) in [5.74, 6) is 1.71.